The number of amides is 2. The van der Waals surface area contributed by atoms with Crippen molar-refractivity contribution in [2.24, 2.45) is 0 Å². The number of sulfonamides is 1. The van der Waals surface area contributed by atoms with Crippen molar-refractivity contribution in [3.63, 3.8) is 0 Å². The number of aryl methyl sites for hydroxylation is 2. The summed E-state index contributed by atoms with van der Waals surface area (Å²) in [7, 11) is -3.54. The fraction of sp³-hybridized carbons (Fsp3) is 0.481. The van der Waals surface area contributed by atoms with Gasteiger partial charge >= 0.3 is 0 Å². The van der Waals surface area contributed by atoms with Gasteiger partial charge in [-0.05, 0) is 74.6 Å². The van der Waals surface area contributed by atoms with Crippen LogP contribution < -0.4 is 9.62 Å². The average Bonchev–Trinajstić information content (AvgIpc) is 2.78. The van der Waals surface area contributed by atoms with Crippen LogP contribution in [-0.4, -0.2) is 50.5 Å². The molecule has 2 aromatic rings. The van der Waals surface area contributed by atoms with Gasteiger partial charge in [-0.1, -0.05) is 43.1 Å². The molecular weight excluding hydrogens is 498 g/mol. The first-order valence-corrected chi connectivity index (χ1v) is 14.5. The Morgan fingerprint density at radius 2 is 1.72 bits per heavy atom. The molecule has 0 bridgehead atoms. The standard InChI is InChI=1S/C27H38ClN3O4S/c1-6-7-13-29-27(33)22(4)30(19-23-10-8-11-24(28)18-23)26(32)12-9-14-31(36(5,34)35)25-16-20(2)15-21(3)17-25/h8,10-11,15-18,22H,6-7,9,12-14,19H2,1-5H3,(H,29,33)/t22-/m1/s1. The van der Waals surface area contributed by atoms with E-state index in [-0.39, 0.29) is 31.3 Å². The summed E-state index contributed by atoms with van der Waals surface area (Å²) in [6.07, 6.45) is 3.40. The minimum absolute atomic E-state index is 0.101. The number of hydrogen-bond donors (Lipinski definition) is 1. The molecule has 0 saturated heterocycles. The van der Waals surface area contributed by atoms with E-state index in [0.717, 1.165) is 29.5 Å². The molecule has 2 aromatic carbocycles. The van der Waals surface area contributed by atoms with Crippen molar-refractivity contribution < 1.29 is 18.0 Å². The largest absolute Gasteiger partial charge is 0.354 e. The Kier molecular flexibility index (Phi) is 11.2. The first kappa shape index (κ1) is 29.6. The van der Waals surface area contributed by atoms with Crippen LogP contribution in [0, 0.1) is 13.8 Å². The smallest absolute Gasteiger partial charge is 0.242 e. The lowest BCUT2D eigenvalue weighted by Gasteiger charge is -2.29. The number of unbranched alkanes of at least 4 members (excludes halogenated alkanes) is 1. The van der Waals surface area contributed by atoms with Crippen molar-refractivity contribution in [3.05, 3.63) is 64.2 Å². The molecule has 0 radical (unpaired) electrons. The number of benzene rings is 2. The van der Waals surface area contributed by atoms with Gasteiger partial charge in [0, 0.05) is 31.1 Å². The Morgan fingerprint density at radius 3 is 2.31 bits per heavy atom. The van der Waals surface area contributed by atoms with Crippen molar-refractivity contribution in [1.82, 2.24) is 10.2 Å². The molecule has 0 heterocycles. The normalized spacial score (nSPS) is 12.2. The molecule has 1 atom stereocenters. The van der Waals surface area contributed by atoms with Gasteiger partial charge in [0.15, 0.2) is 0 Å². The maximum atomic E-state index is 13.3. The molecule has 2 amide bonds. The van der Waals surface area contributed by atoms with Gasteiger partial charge in [0.25, 0.3) is 0 Å². The van der Waals surface area contributed by atoms with Gasteiger partial charge in [0.1, 0.15) is 6.04 Å². The Morgan fingerprint density at radius 1 is 1.06 bits per heavy atom. The number of nitrogens with one attached hydrogen (secondary N) is 1. The van der Waals surface area contributed by atoms with E-state index in [2.05, 4.69) is 5.32 Å². The monoisotopic (exact) mass is 535 g/mol. The van der Waals surface area contributed by atoms with Crippen LogP contribution in [0.2, 0.25) is 5.02 Å². The van der Waals surface area contributed by atoms with E-state index < -0.39 is 16.1 Å². The molecule has 7 nitrogen and oxygen atoms in total. The fourth-order valence-electron chi connectivity index (χ4n) is 4.05. The lowest BCUT2D eigenvalue weighted by molar-refractivity contribution is -0.140. The van der Waals surface area contributed by atoms with Crippen molar-refractivity contribution in [1.29, 1.82) is 0 Å². The SMILES string of the molecule is CCCCNC(=O)[C@@H](C)N(Cc1cccc(Cl)c1)C(=O)CCCN(c1cc(C)cc(C)c1)S(C)(=O)=O. The summed E-state index contributed by atoms with van der Waals surface area (Å²) in [4.78, 5) is 27.6. The molecule has 198 valence electrons. The minimum atomic E-state index is -3.54. The van der Waals surface area contributed by atoms with Crippen molar-refractivity contribution >= 4 is 39.1 Å². The number of nitrogens with zero attached hydrogens (tertiary/aromatic N) is 2. The molecule has 2 rings (SSSR count). The molecule has 0 fully saturated rings. The third-order valence-electron chi connectivity index (χ3n) is 5.89. The van der Waals surface area contributed by atoms with Gasteiger partial charge in [0.2, 0.25) is 21.8 Å². The van der Waals surface area contributed by atoms with E-state index in [9.17, 15) is 18.0 Å². The van der Waals surface area contributed by atoms with Gasteiger partial charge in [-0.2, -0.15) is 0 Å². The van der Waals surface area contributed by atoms with Crippen LogP contribution in [-0.2, 0) is 26.2 Å². The summed E-state index contributed by atoms with van der Waals surface area (Å²) < 4.78 is 26.4. The Labute approximate surface area is 220 Å². The third-order valence-corrected chi connectivity index (χ3v) is 7.31. The molecular formula is C27H38ClN3O4S. The first-order chi connectivity index (χ1) is 16.9. The number of carbonyl (C=O) groups excluding carboxylic acids is 2. The van der Waals surface area contributed by atoms with Gasteiger partial charge in [0.05, 0.1) is 11.9 Å². The van der Waals surface area contributed by atoms with E-state index in [1.54, 1.807) is 25.1 Å². The highest BCUT2D eigenvalue weighted by Crippen LogP contribution is 2.22. The number of anilines is 1. The minimum Gasteiger partial charge on any atom is -0.354 e. The highest BCUT2D eigenvalue weighted by atomic mass is 35.5. The summed E-state index contributed by atoms with van der Waals surface area (Å²) in [5.41, 5.74) is 3.33. The highest BCUT2D eigenvalue weighted by molar-refractivity contribution is 7.92. The predicted molar refractivity (Wildman–Crippen MR) is 147 cm³/mol. The first-order valence-electron chi connectivity index (χ1n) is 12.3. The lowest BCUT2D eigenvalue weighted by Crippen LogP contribution is -2.48. The lowest BCUT2D eigenvalue weighted by atomic mass is 10.1. The fourth-order valence-corrected chi connectivity index (χ4v) is 5.21. The zero-order valence-electron chi connectivity index (χ0n) is 21.9. The molecule has 0 aliphatic carbocycles. The zero-order valence-corrected chi connectivity index (χ0v) is 23.5. The van der Waals surface area contributed by atoms with Gasteiger partial charge in [-0.15, -0.1) is 0 Å². The average molecular weight is 536 g/mol. The summed E-state index contributed by atoms with van der Waals surface area (Å²) in [6.45, 7) is 8.54. The van der Waals surface area contributed by atoms with E-state index in [4.69, 9.17) is 11.6 Å². The molecule has 0 aliphatic heterocycles. The van der Waals surface area contributed by atoms with Crippen LogP contribution in [0.4, 0.5) is 5.69 Å². The third kappa shape index (κ3) is 9.13. The van der Waals surface area contributed by atoms with E-state index in [1.807, 2.05) is 45.0 Å². The number of carbonyl (C=O) groups is 2. The summed E-state index contributed by atoms with van der Waals surface area (Å²) in [5, 5.41) is 3.45. The van der Waals surface area contributed by atoms with Crippen LogP contribution in [0.15, 0.2) is 42.5 Å². The van der Waals surface area contributed by atoms with E-state index >= 15 is 0 Å². The van der Waals surface area contributed by atoms with Crippen LogP contribution in [0.25, 0.3) is 0 Å². The van der Waals surface area contributed by atoms with Gasteiger partial charge in [-0.25, -0.2) is 8.42 Å². The number of halogens is 1. The molecule has 0 spiro atoms. The van der Waals surface area contributed by atoms with Crippen LogP contribution >= 0.6 is 11.6 Å². The van der Waals surface area contributed by atoms with Crippen LogP contribution in [0.1, 0.15) is 56.2 Å². The molecule has 0 aliphatic rings. The second-order valence-corrected chi connectivity index (χ2v) is 11.6. The topological polar surface area (TPSA) is 86.8 Å². The Bertz CT molecular complexity index is 1130. The van der Waals surface area contributed by atoms with Gasteiger partial charge in [-0.3, -0.25) is 13.9 Å². The summed E-state index contributed by atoms with van der Waals surface area (Å²) >= 11 is 6.13. The molecule has 36 heavy (non-hydrogen) atoms. The van der Waals surface area contributed by atoms with Crippen LogP contribution in [0.3, 0.4) is 0 Å². The number of rotatable bonds is 13. The maximum absolute atomic E-state index is 13.3. The number of hydrogen-bond acceptors (Lipinski definition) is 4. The molecule has 0 aromatic heterocycles. The summed E-state index contributed by atoms with van der Waals surface area (Å²) in [5.74, 6) is -0.436. The Balaban J connectivity index is 2.17. The van der Waals surface area contributed by atoms with E-state index in [0.29, 0.717) is 23.7 Å². The quantitative estimate of drug-likeness (QED) is 0.372. The maximum Gasteiger partial charge on any atom is 0.242 e. The van der Waals surface area contributed by atoms with Crippen molar-refractivity contribution in [3.8, 4) is 0 Å². The van der Waals surface area contributed by atoms with Crippen LogP contribution in [0.5, 0.6) is 0 Å². The second-order valence-electron chi connectivity index (χ2n) is 9.26. The Hall–Kier alpha value is -2.58. The zero-order chi connectivity index (χ0) is 26.9. The van der Waals surface area contributed by atoms with Gasteiger partial charge < -0.3 is 10.2 Å². The highest BCUT2D eigenvalue weighted by Gasteiger charge is 2.26. The molecule has 9 heteroatoms. The van der Waals surface area contributed by atoms with E-state index in [1.165, 1.54) is 15.5 Å². The predicted octanol–water partition coefficient (Wildman–Crippen LogP) is 4.84. The summed E-state index contributed by atoms with van der Waals surface area (Å²) in [6, 6.07) is 12.1. The molecule has 1 N–H and O–H groups in total. The molecule has 0 saturated carbocycles. The van der Waals surface area contributed by atoms with Crippen molar-refractivity contribution in [2.75, 3.05) is 23.7 Å². The van der Waals surface area contributed by atoms with Crippen molar-refractivity contribution in [2.45, 2.75) is 66.0 Å². The molecule has 0 unspecified atom stereocenters. The second kappa shape index (κ2) is 13.7.